The Kier molecular flexibility index (Phi) is 5.19. The van der Waals surface area contributed by atoms with Crippen LogP contribution >= 0.6 is 0 Å². The van der Waals surface area contributed by atoms with E-state index in [2.05, 4.69) is 0 Å². The quantitative estimate of drug-likeness (QED) is 0.653. The SMILES string of the molecule is COC1=CC=C(C(=O)N2CCCc3cc(C(=O)NO)ccc3C2)CC1. The Morgan fingerprint density at radius 3 is 2.68 bits per heavy atom. The third kappa shape index (κ3) is 3.74. The Morgan fingerprint density at radius 1 is 1.16 bits per heavy atom. The Labute approximate surface area is 146 Å². The molecular formula is C19H22N2O4. The Hall–Kier alpha value is -2.60. The molecule has 1 aliphatic carbocycles. The summed E-state index contributed by atoms with van der Waals surface area (Å²) in [6, 6.07) is 5.33. The highest BCUT2D eigenvalue weighted by Crippen LogP contribution is 2.25. The van der Waals surface area contributed by atoms with Gasteiger partial charge in [-0.3, -0.25) is 14.8 Å². The summed E-state index contributed by atoms with van der Waals surface area (Å²) in [6.45, 7) is 1.22. The normalized spacial score (nSPS) is 17.0. The molecular weight excluding hydrogens is 320 g/mol. The number of aryl methyl sites for hydroxylation is 1. The van der Waals surface area contributed by atoms with Crippen molar-refractivity contribution in [3.8, 4) is 0 Å². The molecule has 0 radical (unpaired) electrons. The minimum atomic E-state index is -0.520. The van der Waals surface area contributed by atoms with E-state index in [0.29, 0.717) is 25.1 Å². The summed E-state index contributed by atoms with van der Waals surface area (Å²) in [5.74, 6) is 0.442. The predicted octanol–water partition coefficient (Wildman–Crippen LogP) is 2.33. The number of ether oxygens (including phenoxy) is 1. The van der Waals surface area contributed by atoms with E-state index < -0.39 is 5.91 Å². The Bertz CT molecular complexity index is 752. The zero-order chi connectivity index (χ0) is 17.8. The second-order valence-electron chi connectivity index (χ2n) is 6.28. The molecule has 6 nitrogen and oxygen atoms in total. The molecule has 1 heterocycles. The third-order valence-electron chi connectivity index (χ3n) is 4.74. The maximum atomic E-state index is 12.8. The van der Waals surface area contributed by atoms with Crippen molar-refractivity contribution in [2.45, 2.75) is 32.2 Å². The number of fused-ring (bicyclic) bond motifs is 1. The highest BCUT2D eigenvalue weighted by atomic mass is 16.5. The van der Waals surface area contributed by atoms with Gasteiger partial charge in [0.2, 0.25) is 5.91 Å². The highest BCUT2D eigenvalue weighted by Gasteiger charge is 2.23. The van der Waals surface area contributed by atoms with Crippen LogP contribution in [-0.2, 0) is 22.5 Å². The number of hydroxylamine groups is 1. The van der Waals surface area contributed by atoms with E-state index in [-0.39, 0.29) is 5.91 Å². The van der Waals surface area contributed by atoms with Gasteiger partial charge in [-0.2, -0.15) is 0 Å². The van der Waals surface area contributed by atoms with Crippen LogP contribution in [0.4, 0.5) is 0 Å². The van der Waals surface area contributed by atoms with E-state index in [1.165, 1.54) is 0 Å². The minimum absolute atomic E-state index is 0.0661. The zero-order valence-corrected chi connectivity index (χ0v) is 14.2. The van der Waals surface area contributed by atoms with Crippen LogP contribution in [0.1, 0.15) is 40.7 Å². The fraction of sp³-hybridized carbons (Fsp3) is 0.368. The molecule has 1 aromatic rings. The maximum Gasteiger partial charge on any atom is 0.274 e. The van der Waals surface area contributed by atoms with Gasteiger partial charge in [0.25, 0.3) is 5.91 Å². The molecule has 6 heteroatoms. The molecule has 0 aromatic heterocycles. The molecule has 3 rings (SSSR count). The topological polar surface area (TPSA) is 78.9 Å². The van der Waals surface area contributed by atoms with Crippen molar-refractivity contribution >= 4 is 11.8 Å². The molecule has 0 fully saturated rings. The molecule has 2 amide bonds. The number of nitrogens with zero attached hydrogens (tertiary/aromatic N) is 1. The largest absolute Gasteiger partial charge is 0.501 e. The van der Waals surface area contributed by atoms with Gasteiger partial charge in [-0.25, -0.2) is 5.48 Å². The van der Waals surface area contributed by atoms with Crippen LogP contribution in [0.3, 0.4) is 0 Å². The summed E-state index contributed by atoms with van der Waals surface area (Å²) < 4.78 is 5.21. The molecule has 0 unspecified atom stereocenters. The lowest BCUT2D eigenvalue weighted by molar-refractivity contribution is -0.127. The van der Waals surface area contributed by atoms with Crippen LogP contribution in [0.15, 0.2) is 41.7 Å². The number of hydrogen-bond donors (Lipinski definition) is 2. The number of carbonyl (C=O) groups is 2. The van der Waals surface area contributed by atoms with E-state index >= 15 is 0 Å². The number of methoxy groups -OCH3 is 1. The van der Waals surface area contributed by atoms with Crippen molar-refractivity contribution in [3.05, 3.63) is 58.4 Å². The molecule has 1 aromatic carbocycles. The number of benzene rings is 1. The van der Waals surface area contributed by atoms with Gasteiger partial charge in [-0.1, -0.05) is 12.1 Å². The van der Waals surface area contributed by atoms with E-state index in [9.17, 15) is 9.59 Å². The van der Waals surface area contributed by atoms with Crippen molar-refractivity contribution in [2.24, 2.45) is 0 Å². The standard InChI is InChI=1S/C19H22N2O4/c1-25-17-8-6-13(7-9-17)19(23)21-10-2-3-14-11-15(18(22)20-24)4-5-16(14)12-21/h4-6,8,11,24H,2-3,7,9-10,12H2,1H3,(H,20,22). The number of carbonyl (C=O) groups excluding carboxylic acids is 2. The van der Waals surface area contributed by atoms with Gasteiger partial charge in [-0.05, 0) is 48.6 Å². The number of hydrogen-bond acceptors (Lipinski definition) is 4. The minimum Gasteiger partial charge on any atom is -0.501 e. The van der Waals surface area contributed by atoms with Gasteiger partial charge in [0, 0.05) is 30.6 Å². The van der Waals surface area contributed by atoms with E-state index in [1.54, 1.807) is 24.7 Å². The monoisotopic (exact) mass is 342 g/mol. The van der Waals surface area contributed by atoms with E-state index in [0.717, 1.165) is 41.7 Å². The molecule has 0 saturated heterocycles. The molecule has 0 spiro atoms. The lowest BCUT2D eigenvalue weighted by Crippen LogP contribution is -2.32. The van der Waals surface area contributed by atoms with Crippen LogP contribution in [0.2, 0.25) is 0 Å². The highest BCUT2D eigenvalue weighted by molar-refractivity contribution is 5.94. The molecule has 0 atom stereocenters. The molecule has 1 aliphatic heterocycles. The molecule has 2 N–H and O–H groups in total. The number of rotatable bonds is 3. The van der Waals surface area contributed by atoms with Crippen molar-refractivity contribution in [1.29, 1.82) is 0 Å². The van der Waals surface area contributed by atoms with Gasteiger partial charge in [0.1, 0.15) is 0 Å². The van der Waals surface area contributed by atoms with Crippen molar-refractivity contribution in [2.75, 3.05) is 13.7 Å². The fourth-order valence-corrected chi connectivity index (χ4v) is 3.31. The number of nitrogens with one attached hydrogen (secondary N) is 1. The molecule has 0 bridgehead atoms. The van der Waals surface area contributed by atoms with Gasteiger partial charge in [0.05, 0.1) is 12.9 Å². The summed E-state index contributed by atoms with van der Waals surface area (Å²) in [5, 5.41) is 8.77. The zero-order valence-electron chi connectivity index (χ0n) is 14.2. The van der Waals surface area contributed by atoms with Crippen LogP contribution in [0.5, 0.6) is 0 Å². The van der Waals surface area contributed by atoms with Crippen molar-refractivity contribution in [1.82, 2.24) is 10.4 Å². The predicted molar refractivity (Wildman–Crippen MR) is 91.8 cm³/mol. The Morgan fingerprint density at radius 2 is 2.00 bits per heavy atom. The fourth-order valence-electron chi connectivity index (χ4n) is 3.31. The van der Waals surface area contributed by atoms with Crippen LogP contribution in [0, 0.1) is 0 Å². The molecule has 132 valence electrons. The van der Waals surface area contributed by atoms with Crippen molar-refractivity contribution in [3.63, 3.8) is 0 Å². The van der Waals surface area contributed by atoms with Gasteiger partial charge < -0.3 is 9.64 Å². The average Bonchev–Trinajstić information content (AvgIpc) is 2.88. The molecule has 0 saturated carbocycles. The number of amides is 2. The average molecular weight is 342 g/mol. The first-order chi connectivity index (χ1) is 12.1. The van der Waals surface area contributed by atoms with Gasteiger partial charge in [0.15, 0.2) is 0 Å². The summed E-state index contributed by atoms with van der Waals surface area (Å²) in [6.07, 6.45) is 6.80. The summed E-state index contributed by atoms with van der Waals surface area (Å²) in [5.41, 5.74) is 4.98. The Balaban J connectivity index is 1.78. The third-order valence-corrected chi connectivity index (χ3v) is 4.74. The molecule has 2 aliphatic rings. The number of allylic oxidation sites excluding steroid dienone is 3. The summed E-state index contributed by atoms with van der Waals surface area (Å²) in [4.78, 5) is 26.3. The van der Waals surface area contributed by atoms with Crippen LogP contribution in [-0.4, -0.2) is 35.6 Å². The maximum absolute atomic E-state index is 12.8. The van der Waals surface area contributed by atoms with Gasteiger partial charge >= 0.3 is 0 Å². The van der Waals surface area contributed by atoms with E-state index in [4.69, 9.17) is 9.94 Å². The van der Waals surface area contributed by atoms with Gasteiger partial charge in [-0.15, -0.1) is 0 Å². The lowest BCUT2D eigenvalue weighted by Gasteiger charge is -2.24. The summed E-state index contributed by atoms with van der Waals surface area (Å²) in [7, 11) is 1.64. The first kappa shape index (κ1) is 17.2. The second-order valence-corrected chi connectivity index (χ2v) is 6.28. The van der Waals surface area contributed by atoms with Crippen LogP contribution < -0.4 is 5.48 Å². The molecule has 25 heavy (non-hydrogen) atoms. The first-order valence-corrected chi connectivity index (χ1v) is 8.41. The lowest BCUT2D eigenvalue weighted by atomic mass is 10.0. The van der Waals surface area contributed by atoms with Crippen LogP contribution in [0.25, 0.3) is 0 Å². The van der Waals surface area contributed by atoms with Crippen molar-refractivity contribution < 1.29 is 19.5 Å². The summed E-state index contributed by atoms with van der Waals surface area (Å²) >= 11 is 0. The smallest absolute Gasteiger partial charge is 0.274 e. The second kappa shape index (κ2) is 7.53. The first-order valence-electron chi connectivity index (χ1n) is 8.41. The van der Waals surface area contributed by atoms with E-state index in [1.807, 2.05) is 23.1 Å².